The van der Waals surface area contributed by atoms with E-state index in [0.717, 1.165) is 90.6 Å². The standard InChI is InChI=1S/C27H41N3O3/c1-22-2-4-24(5-3-22)30-16-14-28(15-17-30)11-6-25-20-27(26(31)33-25)9-12-29(13-10-27)21-23-7-18-32-19-8-23/h2-5,23,25H,6-21H2,1H3. The fraction of sp³-hybridized carbons (Fsp3) is 0.741. The van der Waals surface area contributed by atoms with Crippen LogP contribution in [0.25, 0.3) is 0 Å². The van der Waals surface area contributed by atoms with Crippen LogP contribution in [0.15, 0.2) is 24.3 Å². The lowest BCUT2D eigenvalue weighted by molar-refractivity contribution is -0.151. The van der Waals surface area contributed by atoms with Crippen molar-refractivity contribution in [2.75, 3.05) is 70.5 Å². The van der Waals surface area contributed by atoms with Gasteiger partial charge in [0, 0.05) is 64.6 Å². The van der Waals surface area contributed by atoms with Crippen LogP contribution in [-0.4, -0.2) is 87.4 Å². The summed E-state index contributed by atoms with van der Waals surface area (Å²) in [5, 5.41) is 0. The summed E-state index contributed by atoms with van der Waals surface area (Å²) in [5.41, 5.74) is 2.43. The molecule has 1 atom stereocenters. The summed E-state index contributed by atoms with van der Waals surface area (Å²) in [7, 11) is 0. The summed E-state index contributed by atoms with van der Waals surface area (Å²) in [4.78, 5) is 20.5. The SMILES string of the molecule is Cc1ccc(N2CCN(CCC3CC4(CCN(CC5CCOCC5)CC4)C(=O)O3)CC2)cc1. The highest BCUT2D eigenvalue weighted by Crippen LogP contribution is 2.44. The van der Waals surface area contributed by atoms with Gasteiger partial charge in [-0.15, -0.1) is 0 Å². The number of piperidine rings is 1. The van der Waals surface area contributed by atoms with Gasteiger partial charge in [-0.05, 0) is 70.2 Å². The molecule has 4 aliphatic rings. The predicted octanol–water partition coefficient (Wildman–Crippen LogP) is 3.33. The molecule has 4 fully saturated rings. The molecule has 0 aromatic heterocycles. The van der Waals surface area contributed by atoms with Crippen molar-refractivity contribution in [3.63, 3.8) is 0 Å². The number of cyclic esters (lactones) is 1. The number of carbonyl (C=O) groups excluding carboxylic acids is 1. The zero-order valence-electron chi connectivity index (χ0n) is 20.3. The van der Waals surface area contributed by atoms with Gasteiger partial charge in [0.2, 0.25) is 0 Å². The molecule has 0 saturated carbocycles. The molecule has 1 aromatic carbocycles. The van der Waals surface area contributed by atoms with Crippen molar-refractivity contribution >= 4 is 11.7 Å². The smallest absolute Gasteiger partial charge is 0.312 e. The van der Waals surface area contributed by atoms with E-state index < -0.39 is 0 Å². The van der Waals surface area contributed by atoms with Crippen molar-refractivity contribution < 1.29 is 14.3 Å². The number of rotatable bonds is 6. The minimum Gasteiger partial charge on any atom is -0.462 e. The summed E-state index contributed by atoms with van der Waals surface area (Å²) in [6.45, 7) is 12.6. The van der Waals surface area contributed by atoms with Crippen molar-refractivity contribution in [2.24, 2.45) is 11.3 Å². The Bertz CT molecular complexity index is 776. The monoisotopic (exact) mass is 455 g/mol. The average molecular weight is 456 g/mol. The molecule has 0 radical (unpaired) electrons. The van der Waals surface area contributed by atoms with Crippen LogP contribution in [0.5, 0.6) is 0 Å². The lowest BCUT2D eigenvalue weighted by Gasteiger charge is -2.38. The van der Waals surface area contributed by atoms with Gasteiger partial charge in [0.25, 0.3) is 0 Å². The average Bonchev–Trinajstić information content (AvgIpc) is 3.15. The van der Waals surface area contributed by atoms with Gasteiger partial charge < -0.3 is 19.3 Å². The fourth-order valence-corrected chi connectivity index (χ4v) is 6.18. The van der Waals surface area contributed by atoms with Crippen molar-refractivity contribution in [3.8, 4) is 0 Å². The molecule has 0 amide bonds. The van der Waals surface area contributed by atoms with Crippen LogP contribution >= 0.6 is 0 Å². The predicted molar refractivity (Wildman–Crippen MR) is 131 cm³/mol. The first-order chi connectivity index (χ1) is 16.1. The zero-order valence-corrected chi connectivity index (χ0v) is 20.3. The number of piperazine rings is 1. The number of ether oxygens (including phenoxy) is 2. The highest BCUT2D eigenvalue weighted by Gasteiger charge is 2.50. The molecule has 4 heterocycles. The number of hydrogen-bond acceptors (Lipinski definition) is 6. The molecule has 5 rings (SSSR count). The molecule has 6 nitrogen and oxygen atoms in total. The van der Waals surface area contributed by atoms with Crippen molar-refractivity contribution in [3.05, 3.63) is 29.8 Å². The Balaban J connectivity index is 1.04. The summed E-state index contributed by atoms with van der Waals surface area (Å²) in [5.74, 6) is 0.852. The number of carbonyl (C=O) groups is 1. The maximum absolute atomic E-state index is 12.9. The third-order valence-corrected chi connectivity index (χ3v) is 8.53. The van der Waals surface area contributed by atoms with Gasteiger partial charge in [-0.1, -0.05) is 17.7 Å². The Kier molecular flexibility index (Phi) is 7.24. The number of esters is 1. The van der Waals surface area contributed by atoms with Gasteiger partial charge in [0.1, 0.15) is 6.10 Å². The number of hydrogen-bond donors (Lipinski definition) is 0. The molecule has 33 heavy (non-hydrogen) atoms. The van der Waals surface area contributed by atoms with Crippen molar-refractivity contribution in [1.29, 1.82) is 0 Å². The number of benzene rings is 1. The highest BCUT2D eigenvalue weighted by atomic mass is 16.6. The molecule has 1 spiro atoms. The van der Waals surface area contributed by atoms with Crippen molar-refractivity contribution in [1.82, 2.24) is 9.80 Å². The topological polar surface area (TPSA) is 45.2 Å². The van der Waals surface area contributed by atoms with Gasteiger partial charge in [0.15, 0.2) is 0 Å². The molecule has 4 aliphatic heterocycles. The second kappa shape index (κ2) is 10.3. The third-order valence-electron chi connectivity index (χ3n) is 8.53. The zero-order chi connectivity index (χ0) is 22.7. The van der Waals surface area contributed by atoms with E-state index in [1.165, 1.54) is 30.6 Å². The van der Waals surface area contributed by atoms with E-state index in [-0.39, 0.29) is 17.5 Å². The molecular weight excluding hydrogens is 414 g/mol. The molecule has 1 aromatic rings. The summed E-state index contributed by atoms with van der Waals surface area (Å²) in [6, 6.07) is 8.86. The van der Waals surface area contributed by atoms with Crippen molar-refractivity contribution in [2.45, 2.75) is 51.6 Å². The lowest BCUT2D eigenvalue weighted by atomic mass is 9.75. The van der Waals surface area contributed by atoms with E-state index in [4.69, 9.17) is 9.47 Å². The molecule has 1 unspecified atom stereocenters. The largest absolute Gasteiger partial charge is 0.462 e. The summed E-state index contributed by atoms with van der Waals surface area (Å²) in [6.07, 6.45) is 6.33. The van der Waals surface area contributed by atoms with Crippen LogP contribution in [0.3, 0.4) is 0 Å². The van der Waals surface area contributed by atoms with E-state index in [0.29, 0.717) is 0 Å². The Labute approximate surface area is 199 Å². The van der Waals surface area contributed by atoms with Crippen LogP contribution in [0.2, 0.25) is 0 Å². The maximum Gasteiger partial charge on any atom is 0.312 e. The fourth-order valence-electron chi connectivity index (χ4n) is 6.18. The van der Waals surface area contributed by atoms with Gasteiger partial charge in [-0.25, -0.2) is 0 Å². The van der Waals surface area contributed by atoms with E-state index >= 15 is 0 Å². The summed E-state index contributed by atoms with van der Waals surface area (Å²) < 4.78 is 11.4. The number of anilines is 1. The lowest BCUT2D eigenvalue weighted by Crippen LogP contribution is -2.47. The van der Waals surface area contributed by atoms with Gasteiger partial charge >= 0.3 is 5.97 Å². The Morgan fingerprint density at radius 3 is 2.33 bits per heavy atom. The molecule has 6 heteroatoms. The molecule has 0 bridgehead atoms. The van der Waals surface area contributed by atoms with Crippen LogP contribution < -0.4 is 4.90 Å². The number of nitrogens with zero attached hydrogens (tertiary/aromatic N) is 3. The first-order valence-corrected chi connectivity index (χ1v) is 13.1. The molecule has 182 valence electrons. The second-order valence-electron chi connectivity index (χ2n) is 10.8. The van der Waals surface area contributed by atoms with Crippen LogP contribution in [0, 0.1) is 18.3 Å². The Hall–Kier alpha value is -1.63. The highest BCUT2D eigenvalue weighted by molar-refractivity contribution is 5.79. The van der Waals surface area contributed by atoms with Gasteiger partial charge in [-0.2, -0.15) is 0 Å². The number of aryl methyl sites for hydroxylation is 1. The Morgan fingerprint density at radius 2 is 1.64 bits per heavy atom. The molecule has 4 saturated heterocycles. The van der Waals surface area contributed by atoms with Crippen LogP contribution in [-0.2, 0) is 14.3 Å². The van der Waals surface area contributed by atoms with Crippen LogP contribution in [0.4, 0.5) is 5.69 Å². The van der Waals surface area contributed by atoms with Gasteiger partial charge in [-0.3, -0.25) is 9.69 Å². The molecule has 0 aliphatic carbocycles. The van der Waals surface area contributed by atoms with E-state index in [1.807, 2.05) is 0 Å². The van der Waals surface area contributed by atoms with Gasteiger partial charge in [0.05, 0.1) is 5.41 Å². The van der Waals surface area contributed by atoms with Crippen LogP contribution in [0.1, 0.15) is 44.1 Å². The third kappa shape index (κ3) is 5.55. The Morgan fingerprint density at radius 1 is 0.939 bits per heavy atom. The first-order valence-electron chi connectivity index (χ1n) is 13.1. The summed E-state index contributed by atoms with van der Waals surface area (Å²) >= 11 is 0. The van der Waals surface area contributed by atoms with E-state index in [9.17, 15) is 4.79 Å². The molecule has 0 N–H and O–H groups in total. The second-order valence-corrected chi connectivity index (χ2v) is 10.8. The minimum atomic E-state index is -0.207. The molecular formula is C27H41N3O3. The van der Waals surface area contributed by atoms with E-state index in [2.05, 4.69) is 45.9 Å². The maximum atomic E-state index is 12.9. The number of likely N-dealkylation sites (tertiary alicyclic amines) is 1. The minimum absolute atomic E-state index is 0.0856. The van der Waals surface area contributed by atoms with E-state index in [1.54, 1.807) is 0 Å². The first kappa shape index (κ1) is 23.1. The normalized spacial score (nSPS) is 27.2. The quantitative estimate of drug-likeness (QED) is 0.613.